The third kappa shape index (κ3) is 8.72. The van der Waals surface area contributed by atoms with E-state index >= 15 is 0 Å². The zero-order valence-electron chi connectivity index (χ0n) is 30.6. The number of ether oxygens (including phenoxy) is 2. The van der Waals surface area contributed by atoms with E-state index in [1.54, 1.807) is 21.9 Å². The minimum absolute atomic E-state index is 0.114. The summed E-state index contributed by atoms with van der Waals surface area (Å²) in [4.78, 5) is 74.9. The molecule has 0 radical (unpaired) electrons. The fraction of sp³-hybridized carbons (Fsp3) is 0.474. The van der Waals surface area contributed by atoms with E-state index in [0.29, 0.717) is 37.4 Å². The van der Waals surface area contributed by atoms with Gasteiger partial charge in [-0.15, -0.1) is 0 Å². The van der Waals surface area contributed by atoms with Gasteiger partial charge in [0.2, 0.25) is 11.8 Å². The van der Waals surface area contributed by atoms with Gasteiger partial charge in [-0.1, -0.05) is 64.1 Å². The van der Waals surface area contributed by atoms with Crippen LogP contribution in [0.2, 0.25) is 0 Å². The average molecular weight is 716 g/mol. The van der Waals surface area contributed by atoms with Crippen molar-refractivity contribution in [2.75, 3.05) is 33.9 Å². The average Bonchev–Trinajstić information content (AvgIpc) is 3.93. The molecule has 0 saturated carbocycles. The van der Waals surface area contributed by atoms with Crippen LogP contribution in [0.15, 0.2) is 54.7 Å². The lowest BCUT2D eigenvalue weighted by Crippen LogP contribution is -2.51. The van der Waals surface area contributed by atoms with Crippen LogP contribution >= 0.6 is 0 Å². The third-order valence-electron chi connectivity index (χ3n) is 9.73. The molecule has 4 atom stereocenters. The second-order valence-corrected chi connectivity index (χ2v) is 14.0. The summed E-state index contributed by atoms with van der Waals surface area (Å²) in [5, 5.41) is 8.33. The van der Waals surface area contributed by atoms with Crippen LogP contribution < -0.4 is 16.0 Å². The van der Waals surface area contributed by atoms with E-state index in [0.717, 1.165) is 35.2 Å². The molecule has 0 unspecified atom stereocenters. The molecular weight excluding hydrogens is 666 g/mol. The zero-order valence-corrected chi connectivity index (χ0v) is 30.6. The van der Waals surface area contributed by atoms with Crippen LogP contribution in [-0.2, 0) is 19.1 Å². The standard InChI is InChI=1S/C38H49N7O7/c1-22(2)31(42-37(49)51-5)35(47)44-19-17-28(21-44)40-34(46)27-15-11-25(12-16-27)24-9-13-26(14-10-24)29-20-39-33(41-29)30-8-7-18-45(30)36(48)32(23(3)4)43-38(50)52-6/h9-16,20,22-23,28,30-32H,7-8,17-19,21H2,1-6H3,(H,39,41)(H,40,46)(H,42,49)(H,43,50)/t28-,30+,31+,32+/m1/s1. The summed E-state index contributed by atoms with van der Waals surface area (Å²) in [6.45, 7) is 8.92. The number of methoxy groups -OCH3 is 2. The number of amides is 5. The number of alkyl carbamates (subject to hydrolysis) is 2. The van der Waals surface area contributed by atoms with Crippen LogP contribution in [0.3, 0.4) is 0 Å². The Morgan fingerprint density at radius 1 is 0.769 bits per heavy atom. The highest BCUT2D eigenvalue weighted by Gasteiger charge is 2.38. The molecule has 3 aromatic rings. The fourth-order valence-electron chi connectivity index (χ4n) is 6.74. The molecule has 14 heteroatoms. The fourth-order valence-corrected chi connectivity index (χ4v) is 6.74. The minimum Gasteiger partial charge on any atom is -0.453 e. The molecule has 2 fully saturated rings. The number of likely N-dealkylation sites (tertiary alicyclic amines) is 2. The van der Waals surface area contributed by atoms with Crippen molar-refractivity contribution >= 4 is 29.9 Å². The molecular formula is C38H49N7O7. The number of carbonyl (C=O) groups is 5. The summed E-state index contributed by atoms with van der Waals surface area (Å²) in [6.07, 6.45) is 2.77. The second-order valence-electron chi connectivity index (χ2n) is 14.0. The summed E-state index contributed by atoms with van der Waals surface area (Å²) in [6, 6.07) is 13.5. The summed E-state index contributed by atoms with van der Waals surface area (Å²) in [5.41, 5.74) is 4.11. The van der Waals surface area contributed by atoms with Gasteiger partial charge in [-0.25, -0.2) is 14.6 Å². The van der Waals surface area contributed by atoms with Gasteiger partial charge in [0.25, 0.3) is 5.91 Å². The van der Waals surface area contributed by atoms with Crippen LogP contribution in [0.1, 0.15) is 69.2 Å². The Kier molecular flexibility index (Phi) is 12.2. The maximum atomic E-state index is 13.5. The quantitative estimate of drug-likeness (QED) is 0.225. The molecule has 2 saturated heterocycles. The predicted octanol–water partition coefficient (Wildman–Crippen LogP) is 4.50. The molecule has 4 N–H and O–H groups in total. The van der Waals surface area contributed by atoms with Crippen molar-refractivity contribution in [1.29, 1.82) is 0 Å². The highest BCUT2D eigenvalue weighted by molar-refractivity contribution is 5.95. The molecule has 52 heavy (non-hydrogen) atoms. The number of nitrogens with one attached hydrogen (secondary N) is 4. The van der Waals surface area contributed by atoms with Crippen LogP contribution in [0.5, 0.6) is 0 Å². The van der Waals surface area contributed by atoms with Gasteiger partial charge in [0, 0.05) is 43.0 Å². The van der Waals surface area contributed by atoms with E-state index in [4.69, 9.17) is 9.72 Å². The Labute approximate surface area is 304 Å². The number of benzene rings is 2. The van der Waals surface area contributed by atoms with Gasteiger partial charge in [0.05, 0.1) is 26.0 Å². The summed E-state index contributed by atoms with van der Waals surface area (Å²) < 4.78 is 9.40. The van der Waals surface area contributed by atoms with Crippen LogP contribution in [-0.4, -0.2) is 102 Å². The van der Waals surface area contributed by atoms with Crippen molar-refractivity contribution in [1.82, 2.24) is 35.7 Å². The van der Waals surface area contributed by atoms with E-state index < -0.39 is 24.3 Å². The lowest BCUT2D eigenvalue weighted by atomic mass is 10.0. The van der Waals surface area contributed by atoms with Gasteiger partial charge in [0.1, 0.15) is 17.9 Å². The van der Waals surface area contributed by atoms with Crippen molar-refractivity contribution in [3.63, 3.8) is 0 Å². The van der Waals surface area contributed by atoms with Gasteiger partial charge in [0.15, 0.2) is 0 Å². The molecule has 0 spiro atoms. The number of hydrogen-bond acceptors (Lipinski definition) is 8. The van der Waals surface area contributed by atoms with Crippen LogP contribution in [0, 0.1) is 11.8 Å². The number of aromatic amines is 1. The van der Waals surface area contributed by atoms with Crippen molar-refractivity contribution in [3.8, 4) is 22.4 Å². The first-order chi connectivity index (χ1) is 24.9. The highest BCUT2D eigenvalue weighted by atomic mass is 16.5. The maximum absolute atomic E-state index is 13.5. The SMILES string of the molecule is COC(=O)N[C@H](C(=O)N1CC[C@@H](NC(=O)c2ccc(-c3ccc(-c4c[nH]c([C@@H]5CCCN5C(=O)[C@@H](NC(=O)OC)C(C)C)n4)cc3)cc2)C1)C(C)C. The van der Waals surface area contributed by atoms with E-state index in [1.807, 2.05) is 70.3 Å². The predicted molar refractivity (Wildman–Crippen MR) is 194 cm³/mol. The first kappa shape index (κ1) is 37.8. The lowest BCUT2D eigenvalue weighted by Gasteiger charge is -2.29. The first-order valence-electron chi connectivity index (χ1n) is 17.7. The third-order valence-corrected chi connectivity index (χ3v) is 9.73. The second kappa shape index (κ2) is 16.7. The highest BCUT2D eigenvalue weighted by Crippen LogP contribution is 2.33. The van der Waals surface area contributed by atoms with Crippen LogP contribution in [0.25, 0.3) is 22.4 Å². The number of carbonyl (C=O) groups excluding carboxylic acids is 5. The Bertz CT molecular complexity index is 1740. The molecule has 0 aliphatic carbocycles. The molecule has 5 rings (SSSR count). The molecule has 14 nitrogen and oxygen atoms in total. The van der Waals surface area contributed by atoms with Gasteiger partial charge >= 0.3 is 12.2 Å². The van der Waals surface area contributed by atoms with E-state index in [1.165, 1.54) is 14.2 Å². The molecule has 1 aromatic heterocycles. The van der Waals surface area contributed by atoms with Crippen molar-refractivity contribution in [2.24, 2.45) is 11.8 Å². The van der Waals surface area contributed by atoms with Crippen molar-refractivity contribution in [3.05, 3.63) is 66.1 Å². The van der Waals surface area contributed by atoms with Gasteiger partial charge in [-0.05, 0) is 54.4 Å². The number of H-pyrrole nitrogens is 1. The minimum atomic E-state index is -0.706. The summed E-state index contributed by atoms with van der Waals surface area (Å²) in [7, 11) is 2.54. The lowest BCUT2D eigenvalue weighted by molar-refractivity contribution is -0.135. The molecule has 0 bridgehead atoms. The van der Waals surface area contributed by atoms with Crippen molar-refractivity contribution in [2.45, 2.75) is 71.1 Å². The first-order valence-corrected chi connectivity index (χ1v) is 17.7. The largest absolute Gasteiger partial charge is 0.453 e. The molecule has 2 aromatic carbocycles. The molecule has 5 amide bonds. The van der Waals surface area contributed by atoms with Gasteiger partial charge < -0.3 is 40.2 Å². The van der Waals surface area contributed by atoms with E-state index in [9.17, 15) is 24.0 Å². The topological polar surface area (TPSA) is 175 Å². The van der Waals surface area contributed by atoms with Gasteiger partial charge in [-0.3, -0.25) is 14.4 Å². The Morgan fingerprint density at radius 2 is 1.33 bits per heavy atom. The number of imidazole rings is 1. The molecule has 3 heterocycles. The number of hydrogen-bond donors (Lipinski definition) is 4. The molecule has 278 valence electrons. The smallest absolute Gasteiger partial charge is 0.407 e. The van der Waals surface area contributed by atoms with E-state index in [2.05, 4.69) is 25.7 Å². The van der Waals surface area contributed by atoms with Gasteiger partial charge in [-0.2, -0.15) is 0 Å². The Hall–Kier alpha value is -5.40. The maximum Gasteiger partial charge on any atom is 0.407 e. The zero-order chi connectivity index (χ0) is 37.5. The van der Waals surface area contributed by atoms with E-state index in [-0.39, 0.29) is 41.6 Å². The van der Waals surface area contributed by atoms with Crippen molar-refractivity contribution < 1.29 is 33.4 Å². The normalized spacial score (nSPS) is 18.2. The molecule has 2 aliphatic heterocycles. The van der Waals surface area contributed by atoms with Crippen LogP contribution in [0.4, 0.5) is 9.59 Å². The Morgan fingerprint density at radius 3 is 1.90 bits per heavy atom. The Balaban J connectivity index is 1.17. The number of nitrogens with zero attached hydrogens (tertiary/aromatic N) is 3. The summed E-state index contributed by atoms with van der Waals surface area (Å²) in [5.74, 6) is -0.104. The monoisotopic (exact) mass is 715 g/mol. The number of rotatable bonds is 11. The molecule has 2 aliphatic rings. The number of aromatic nitrogens is 2. The summed E-state index contributed by atoms with van der Waals surface area (Å²) >= 11 is 0.